The highest BCUT2D eigenvalue weighted by Gasteiger charge is 2.59. The zero-order valence-electron chi connectivity index (χ0n) is 9.16. The number of nitrogens with two attached hydrogens (primary N) is 1. The van der Waals surface area contributed by atoms with Crippen LogP contribution in [0.1, 0.15) is 13.8 Å². The third-order valence-corrected chi connectivity index (χ3v) is 2.85. The van der Waals surface area contributed by atoms with Crippen molar-refractivity contribution in [2.45, 2.75) is 50.0 Å². The van der Waals surface area contributed by atoms with Gasteiger partial charge in [-0.15, -0.1) is 0 Å². The van der Waals surface area contributed by atoms with Gasteiger partial charge in [0.1, 0.15) is 18.3 Å². The molecule has 5 N–H and O–H groups in total. The molecule has 0 aliphatic carbocycles. The van der Waals surface area contributed by atoms with E-state index in [1.807, 2.05) is 0 Å². The molecule has 2 aliphatic heterocycles. The molecule has 0 aromatic heterocycles. The molecular weight excluding hydrogens is 218 g/mol. The van der Waals surface area contributed by atoms with Crippen LogP contribution >= 0.6 is 0 Å². The zero-order valence-corrected chi connectivity index (χ0v) is 9.16. The van der Waals surface area contributed by atoms with Crippen LogP contribution in [0, 0.1) is 0 Å². The van der Waals surface area contributed by atoms with Crippen molar-refractivity contribution in [1.29, 1.82) is 0 Å². The average Bonchev–Trinajstić information content (AvgIpc) is 2.47. The van der Waals surface area contributed by atoms with Crippen molar-refractivity contribution in [3.63, 3.8) is 0 Å². The molecule has 7 nitrogen and oxygen atoms in total. The summed E-state index contributed by atoms with van der Waals surface area (Å²) in [5.74, 6) is -0.920. The Morgan fingerprint density at radius 1 is 1.31 bits per heavy atom. The van der Waals surface area contributed by atoms with Crippen LogP contribution in [0.25, 0.3) is 0 Å². The first kappa shape index (κ1) is 12.2. The van der Waals surface area contributed by atoms with Crippen LogP contribution in [0.4, 0.5) is 0 Å². The largest absolute Gasteiger partial charge is 0.393 e. The van der Waals surface area contributed by atoms with E-state index in [1.54, 1.807) is 13.8 Å². The minimum Gasteiger partial charge on any atom is -0.393 e. The molecule has 0 aromatic carbocycles. The summed E-state index contributed by atoms with van der Waals surface area (Å²) in [7, 11) is 0. The highest BCUT2D eigenvalue weighted by Crippen LogP contribution is 2.38. The first-order chi connectivity index (χ1) is 7.28. The molecule has 16 heavy (non-hydrogen) atoms. The van der Waals surface area contributed by atoms with E-state index in [4.69, 9.17) is 25.1 Å². The van der Waals surface area contributed by atoms with Gasteiger partial charge in [-0.2, -0.15) is 0 Å². The zero-order chi connectivity index (χ0) is 12.1. The van der Waals surface area contributed by atoms with Gasteiger partial charge in [0.25, 0.3) is 0 Å². The lowest BCUT2D eigenvalue weighted by molar-refractivity contribution is -0.292. The lowest BCUT2D eigenvalue weighted by atomic mass is 9.93. The predicted molar refractivity (Wildman–Crippen MR) is 50.9 cm³/mol. The Morgan fingerprint density at radius 2 is 1.94 bits per heavy atom. The van der Waals surface area contributed by atoms with Crippen LogP contribution < -0.4 is 5.73 Å². The number of hydrogen-bond donors (Lipinski definition) is 4. The number of fused-ring (bicyclic) bond motifs is 1. The van der Waals surface area contributed by atoms with Gasteiger partial charge >= 0.3 is 0 Å². The maximum Gasteiger partial charge on any atom is 0.190 e. The molecule has 0 amide bonds. The van der Waals surface area contributed by atoms with Gasteiger partial charge in [-0.25, -0.2) is 0 Å². The maximum absolute atomic E-state index is 9.87. The van der Waals surface area contributed by atoms with Gasteiger partial charge < -0.3 is 29.5 Å². The van der Waals surface area contributed by atoms with E-state index < -0.39 is 42.7 Å². The summed E-state index contributed by atoms with van der Waals surface area (Å²) in [6.45, 7) is 2.80. The van der Waals surface area contributed by atoms with E-state index in [9.17, 15) is 10.2 Å². The second-order valence-electron chi connectivity index (χ2n) is 4.61. The van der Waals surface area contributed by atoms with Gasteiger partial charge in [0.05, 0.1) is 6.61 Å². The summed E-state index contributed by atoms with van der Waals surface area (Å²) >= 11 is 0. The van der Waals surface area contributed by atoms with Gasteiger partial charge in [-0.1, -0.05) is 0 Å². The van der Waals surface area contributed by atoms with E-state index in [0.717, 1.165) is 0 Å². The molecule has 0 bridgehead atoms. The van der Waals surface area contributed by atoms with Crippen molar-refractivity contribution >= 4 is 0 Å². The van der Waals surface area contributed by atoms with Gasteiger partial charge in [0.15, 0.2) is 17.8 Å². The third kappa shape index (κ3) is 1.74. The number of hydrogen-bond acceptors (Lipinski definition) is 7. The first-order valence-electron chi connectivity index (χ1n) is 5.09. The molecule has 0 spiro atoms. The van der Waals surface area contributed by atoms with Crippen molar-refractivity contribution in [1.82, 2.24) is 0 Å². The van der Waals surface area contributed by atoms with E-state index in [2.05, 4.69) is 0 Å². The lowest BCUT2D eigenvalue weighted by Crippen LogP contribution is -2.70. The normalized spacial score (nSPS) is 51.4. The minimum absolute atomic E-state index is 0.517. The molecular formula is C9H17NO6. The van der Waals surface area contributed by atoms with Crippen LogP contribution in [0.2, 0.25) is 0 Å². The molecule has 2 rings (SSSR count). The molecule has 2 fully saturated rings. The Morgan fingerprint density at radius 3 is 2.50 bits per heavy atom. The molecule has 2 aliphatic rings. The summed E-state index contributed by atoms with van der Waals surface area (Å²) < 4.78 is 16.0. The number of rotatable bonds is 1. The summed E-state index contributed by atoms with van der Waals surface area (Å²) in [4.78, 5) is 0. The topological polar surface area (TPSA) is 114 Å². The highest BCUT2D eigenvalue weighted by atomic mass is 16.8. The van der Waals surface area contributed by atoms with Crippen molar-refractivity contribution in [2.75, 3.05) is 6.61 Å². The fourth-order valence-corrected chi connectivity index (χ4v) is 1.99. The van der Waals surface area contributed by atoms with Gasteiger partial charge in [-0.3, -0.25) is 5.73 Å². The highest BCUT2D eigenvalue weighted by molar-refractivity contribution is 5.00. The van der Waals surface area contributed by atoms with Crippen LogP contribution in [0.15, 0.2) is 0 Å². The molecule has 94 valence electrons. The lowest BCUT2D eigenvalue weighted by Gasteiger charge is -2.43. The van der Waals surface area contributed by atoms with Gasteiger partial charge in [-0.05, 0) is 13.8 Å². The summed E-state index contributed by atoms with van der Waals surface area (Å²) in [5, 5.41) is 28.7. The summed E-state index contributed by atoms with van der Waals surface area (Å²) in [6, 6.07) is 0. The fraction of sp³-hybridized carbons (Fsp3) is 1.00. The molecule has 0 saturated carbocycles. The third-order valence-electron chi connectivity index (χ3n) is 2.85. The van der Waals surface area contributed by atoms with Crippen LogP contribution in [0.3, 0.4) is 0 Å². The van der Waals surface area contributed by atoms with E-state index >= 15 is 0 Å². The number of aliphatic hydroxyl groups excluding tert-OH is 2. The Hall–Kier alpha value is -0.280. The second kappa shape index (κ2) is 3.61. The fourth-order valence-electron chi connectivity index (χ4n) is 1.99. The van der Waals surface area contributed by atoms with E-state index in [1.165, 1.54) is 0 Å². The van der Waals surface area contributed by atoms with E-state index in [0.29, 0.717) is 0 Å². The van der Waals surface area contributed by atoms with Gasteiger partial charge in [0.2, 0.25) is 0 Å². The Balaban J connectivity index is 2.22. The molecule has 0 radical (unpaired) electrons. The molecule has 2 heterocycles. The second-order valence-corrected chi connectivity index (χ2v) is 4.61. The molecule has 5 atom stereocenters. The monoisotopic (exact) mass is 235 g/mol. The van der Waals surface area contributed by atoms with Crippen LogP contribution in [-0.2, 0) is 14.2 Å². The first-order valence-corrected chi connectivity index (χ1v) is 5.09. The minimum atomic E-state index is -2.06. The number of aliphatic hydroxyl groups is 3. The quantitative estimate of drug-likeness (QED) is 0.383. The van der Waals surface area contributed by atoms with E-state index in [-0.39, 0.29) is 0 Å². The van der Waals surface area contributed by atoms with Crippen LogP contribution in [0.5, 0.6) is 0 Å². The van der Waals surface area contributed by atoms with Crippen molar-refractivity contribution in [3.8, 4) is 0 Å². The molecule has 2 saturated heterocycles. The Kier molecular flexibility index (Phi) is 2.75. The van der Waals surface area contributed by atoms with Crippen molar-refractivity contribution in [3.05, 3.63) is 0 Å². The summed E-state index contributed by atoms with van der Waals surface area (Å²) in [5.41, 5.74) is 3.45. The standard InChI is InChI=1S/C9H17NO6/c1-8(2)15-5-6(12)9(10,13)4(3-11)14-7(5)16-8/h4-7,11-13H,3,10H2,1-2H3/t4-,5-,6-,7?,9-/m1/s1. The Labute approximate surface area is 92.7 Å². The maximum atomic E-state index is 9.87. The summed E-state index contributed by atoms with van der Waals surface area (Å²) in [6.07, 6.45) is -4.20. The van der Waals surface area contributed by atoms with Crippen LogP contribution in [-0.4, -0.2) is 58.0 Å². The SMILES string of the molecule is CC1(C)OC2O[C@H](CO)[C@@](N)(O)[C@H](O)[C@H]2O1. The van der Waals surface area contributed by atoms with Gasteiger partial charge in [0, 0.05) is 0 Å². The van der Waals surface area contributed by atoms with Crippen molar-refractivity contribution < 1.29 is 29.5 Å². The molecule has 1 unspecified atom stereocenters. The smallest absolute Gasteiger partial charge is 0.190 e. The molecule has 7 heteroatoms. The van der Waals surface area contributed by atoms with Crippen molar-refractivity contribution in [2.24, 2.45) is 5.73 Å². The Bertz CT molecular complexity index is 281. The molecule has 0 aromatic rings. The number of ether oxygens (including phenoxy) is 3. The predicted octanol–water partition coefficient (Wildman–Crippen LogP) is -2.14. The average molecular weight is 235 g/mol.